The number of benzene rings is 2. The number of nitrogens with zero attached hydrogens (tertiary/aromatic N) is 4. The molecule has 4 rings (SSSR count). The van der Waals surface area contributed by atoms with Gasteiger partial charge >= 0.3 is 0 Å². The fraction of sp³-hybridized carbons (Fsp3) is 0.320. The minimum atomic E-state index is 0.0819. The average Bonchev–Trinajstić information content (AvgIpc) is 3.33. The highest BCUT2D eigenvalue weighted by atomic mass is 32.2. The molecule has 0 aliphatic carbocycles. The maximum absolute atomic E-state index is 13.0. The molecular weight excluding hydrogens is 420 g/mol. The molecule has 0 amide bonds. The molecule has 2 aromatic carbocycles. The number of Topliss-reactive ketones (excluding diaryl/α,β-unsaturated/α-hetero) is 1. The van der Waals surface area contributed by atoms with Crippen LogP contribution in [0.2, 0.25) is 0 Å². The Balaban J connectivity index is 1.50. The maximum Gasteiger partial charge on any atom is 0.192 e. The van der Waals surface area contributed by atoms with Crippen molar-refractivity contribution in [2.45, 2.75) is 45.5 Å². The molecule has 2 heterocycles. The molecule has 0 aliphatic heterocycles. The van der Waals surface area contributed by atoms with Crippen molar-refractivity contribution in [2.75, 3.05) is 5.75 Å². The van der Waals surface area contributed by atoms with Gasteiger partial charge in [-0.1, -0.05) is 48.2 Å². The Hall–Kier alpha value is -3.06. The molecule has 0 spiro atoms. The summed E-state index contributed by atoms with van der Waals surface area (Å²) in [6.45, 7) is 8.57. The molecule has 4 aromatic rings. The normalized spacial score (nSPS) is 11.4. The summed E-state index contributed by atoms with van der Waals surface area (Å²) < 4.78 is 10.1. The molecule has 0 unspecified atom stereocenters. The van der Waals surface area contributed by atoms with Gasteiger partial charge in [0.1, 0.15) is 12.4 Å². The highest BCUT2D eigenvalue weighted by Gasteiger charge is 2.19. The van der Waals surface area contributed by atoms with Gasteiger partial charge in [-0.05, 0) is 44.9 Å². The summed E-state index contributed by atoms with van der Waals surface area (Å²) in [7, 11) is 1.96. The Morgan fingerprint density at radius 1 is 1.06 bits per heavy atom. The Morgan fingerprint density at radius 3 is 2.50 bits per heavy atom. The number of hydrogen-bond donors (Lipinski definition) is 0. The first-order valence-electron chi connectivity index (χ1n) is 10.7. The van der Waals surface area contributed by atoms with E-state index in [4.69, 9.17) is 4.74 Å². The molecule has 0 fully saturated rings. The number of ether oxygens (including phenoxy) is 1. The number of carbonyl (C=O) groups excluding carboxylic acids is 1. The van der Waals surface area contributed by atoms with Crippen molar-refractivity contribution in [3.05, 3.63) is 71.2 Å². The maximum atomic E-state index is 13.0. The molecule has 0 aliphatic rings. The van der Waals surface area contributed by atoms with Crippen molar-refractivity contribution in [1.82, 2.24) is 19.3 Å². The van der Waals surface area contributed by atoms with Crippen LogP contribution >= 0.6 is 11.8 Å². The van der Waals surface area contributed by atoms with Gasteiger partial charge in [0.25, 0.3) is 0 Å². The van der Waals surface area contributed by atoms with Gasteiger partial charge in [0, 0.05) is 35.8 Å². The van der Waals surface area contributed by atoms with E-state index in [1.807, 2.05) is 74.1 Å². The molecular formula is C25H28N4O2S. The van der Waals surface area contributed by atoms with Crippen LogP contribution in [0.5, 0.6) is 5.75 Å². The minimum absolute atomic E-state index is 0.0819. The lowest BCUT2D eigenvalue weighted by atomic mass is 10.1. The lowest BCUT2D eigenvalue weighted by molar-refractivity contribution is 0.102. The largest absolute Gasteiger partial charge is 0.485 e. The lowest BCUT2D eigenvalue weighted by Gasteiger charge is -2.15. The first-order chi connectivity index (χ1) is 15.4. The van der Waals surface area contributed by atoms with E-state index in [0.29, 0.717) is 12.4 Å². The van der Waals surface area contributed by atoms with Crippen molar-refractivity contribution in [2.24, 2.45) is 7.05 Å². The summed E-state index contributed by atoms with van der Waals surface area (Å²) in [4.78, 5) is 13.0. The van der Waals surface area contributed by atoms with Gasteiger partial charge < -0.3 is 13.9 Å². The number of rotatable bonds is 8. The first kappa shape index (κ1) is 22.1. The van der Waals surface area contributed by atoms with E-state index in [2.05, 4.69) is 28.6 Å². The zero-order chi connectivity index (χ0) is 22.8. The number of aromatic nitrogens is 4. The molecule has 166 valence electrons. The molecule has 7 heteroatoms. The SMILES string of the molecule is Cc1cccc(C)c1OCc1nnc(SCC(=O)c2cn(C)c3ccccc23)n1C(C)C. The molecule has 0 radical (unpaired) electrons. The highest BCUT2D eigenvalue weighted by Crippen LogP contribution is 2.27. The first-order valence-corrected chi connectivity index (χ1v) is 11.7. The number of hydrogen-bond acceptors (Lipinski definition) is 5. The fourth-order valence-electron chi connectivity index (χ4n) is 3.96. The van der Waals surface area contributed by atoms with Crippen molar-refractivity contribution in [3.8, 4) is 5.75 Å². The summed E-state index contributed by atoms with van der Waals surface area (Å²) in [5, 5.41) is 10.4. The smallest absolute Gasteiger partial charge is 0.192 e. The average molecular weight is 449 g/mol. The van der Waals surface area contributed by atoms with E-state index >= 15 is 0 Å². The molecule has 6 nitrogen and oxygen atoms in total. The zero-order valence-electron chi connectivity index (χ0n) is 19.1. The predicted octanol–water partition coefficient (Wildman–Crippen LogP) is 5.52. The Morgan fingerprint density at radius 2 is 1.78 bits per heavy atom. The summed E-state index contributed by atoms with van der Waals surface area (Å²) in [6.07, 6.45) is 1.91. The van der Waals surface area contributed by atoms with Crippen molar-refractivity contribution < 1.29 is 9.53 Å². The molecule has 0 bridgehead atoms. The predicted molar refractivity (Wildman–Crippen MR) is 129 cm³/mol. The second-order valence-electron chi connectivity index (χ2n) is 8.25. The number of thioether (sulfide) groups is 1. The number of aryl methyl sites for hydroxylation is 3. The van der Waals surface area contributed by atoms with Gasteiger partial charge in [0.2, 0.25) is 0 Å². The van der Waals surface area contributed by atoms with Crippen LogP contribution in [0, 0.1) is 13.8 Å². The lowest BCUT2D eigenvalue weighted by Crippen LogP contribution is -2.12. The van der Waals surface area contributed by atoms with Gasteiger partial charge in [0.05, 0.1) is 5.75 Å². The summed E-state index contributed by atoms with van der Waals surface area (Å²) in [5.74, 6) is 2.02. The third-order valence-corrected chi connectivity index (χ3v) is 6.48. The molecule has 0 saturated heterocycles. The van der Waals surface area contributed by atoms with E-state index in [1.54, 1.807) is 0 Å². The van der Waals surface area contributed by atoms with Crippen LogP contribution in [0.25, 0.3) is 10.9 Å². The van der Waals surface area contributed by atoms with Crippen molar-refractivity contribution >= 4 is 28.4 Å². The molecule has 0 atom stereocenters. The second kappa shape index (κ2) is 9.20. The van der Waals surface area contributed by atoms with Gasteiger partial charge in [0.15, 0.2) is 16.8 Å². The van der Waals surface area contributed by atoms with Crippen LogP contribution in [0.3, 0.4) is 0 Å². The fourth-order valence-corrected chi connectivity index (χ4v) is 4.93. The van der Waals surface area contributed by atoms with E-state index in [-0.39, 0.29) is 11.8 Å². The van der Waals surface area contributed by atoms with E-state index < -0.39 is 0 Å². The molecule has 2 aromatic heterocycles. The third-order valence-electron chi connectivity index (χ3n) is 5.54. The monoisotopic (exact) mass is 448 g/mol. The van der Waals surface area contributed by atoms with E-state index in [0.717, 1.165) is 44.3 Å². The van der Waals surface area contributed by atoms with Gasteiger partial charge in [-0.15, -0.1) is 10.2 Å². The van der Waals surface area contributed by atoms with Crippen LogP contribution in [-0.4, -0.2) is 30.9 Å². The van der Waals surface area contributed by atoms with Gasteiger partial charge in [-0.25, -0.2) is 0 Å². The summed E-state index contributed by atoms with van der Waals surface area (Å²) in [5.41, 5.74) is 3.98. The van der Waals surface area contributed by atoms with E-state index in [1.165, 1.54) is 11.8 Å². The summed E-state index contributed by atoms with van der Waals surface area (Å²) >= 11 is 1.42. The zero-order valence-corrected chi connectivity index (χ0v) is 19.9. The minimum Gasteiger partial charge on any atom is -0.485 e. The Bertz CT molecular complexity index is 1250. The second-order valence-corrected chi connectivity index (χ2v) is 9.20. The highest BCUT2D eigenvalue weighted by molar-refractivity contribution is 7.99. The van der Waals surface area contributed by atoms with Gasteiger partial charge in [-0.3, -0.25) is 4.79 Å². The number of carbonyl (C=O) groups is 1. The van der Waals surface area contributed by atoms with Crippen LogP contribution in [0.4, 0.5) is 0 Å². The van der Waals surface area contributed by atoms with Crippen molar-refractivity contribution in [1.29, 1.82) is 0 Å². The summed E-state index contributed by atoms with van der Waals surface area (Å²) in [6, 6.07) is 14.2. The van der Waals surface area contributed by atoms with Crippen LogP contribution in [0.1, 0.15) is 47.2 Å². The number of ketones is 1. The Kier molecular flexibility index (Phi) is 6.37. The Labute approximate surface area is 192 Å². The van der Waals surface area contributed by atoms with Crippen LogP contribution in [-0.2, 0) is 13.7 Å². The third kappa shape index (κ3) is 4.30. The van der Waals surface area contributed by atoms with E-state index in [9.17, 15) is 4.79 Å². The topological polar surface area (TPSA) is 61.9 Å². The molecule has 0 N–H and O–H groups in total. The molecule has 0 saturated carbocycles. The quantitative estimate of drug-likeness (QED) is 0.262. The standard InChI is InChI=1S/C25H28N4O2S/c1-16(2)29-23(14-31-24-17(3)9-8-10-18(24)4)26-27-25(29)32-15-22(30)20-13-28(5)21-12-7-6-11-19(20)21/h6-13,16H,14-15H2,1-5H3. The van der Waals surface area contributed by atoms with Crippen LogP contribution in [0.15, 0.2) is 53.8 Å². The number of para-hydroxylation sites is 2. The van der Waals surface area contributed by atoms with Gasteiger partial charge in [-0.2, -0.15) is 0 Å². The van der Waals surface area contributed by atoms with Crippen LogP contribution < -0.4 is 4.74 Å². The number of fused-ring (bicyclic) bond motifs is 1. The molecule has 32 heavy (non-hydrogen) atoms. The van der Waals surface area contributed by atoms with Crippen molar-refractivity contribution in [3.63, 3.8) is 0 Å².